The van der Waals surface area contributed by atoms with Crippen LogP contribution >= 0.6 is 12.4 Å². The third-order valence-electron chi connectivity index (χ3n) is 4.31. The Bertz CT molecular complexity index is 1190. The van der Waals surface area contributed by atoms with Gasteiger partial charge in [0.1, 0.15) is 5.75 Å². The summed E-state index contributed by atoms with van der Waals surface area (Å²) in [5.74, 6) is 0.179. The van der Waals surface area contributed by atoms with Crippen molar-refractivity contribution in [1.82, 2.24) is 4.57 Å². The highest BCUT2D eigenvalue weighted by Crippen LogP contribution is 2.33. The molecule has 3 rings (SSSR count). The first-order chi connectivity index (χ1) is 13.9. The van der Waals surface area contributed by atoms with Crippen LogP contribution in [0, 0.1) is 0 Å². The van der Waals surface area contributed by atoms with E-state index in [0.29, 0.717) is 28.3 Å². The zero-order valence-corrected chi connectivity index (χ0v) is 17.9. The molecule has 0 bridgehead atoms. The van der Waals surface area contributed by atoms with E-state index < -0.39 is 5.91 Å². The van der Waals surface area contributed by atoms with Crippen LogP contribution in [0.15, 0.2) is 52.4 Å². The second-order valence-corrected chi connectivity index (χ2v) is 6.01. The van der Waals surface area contributed by atoms with Crippen molar-refractivity contribution in [2.24, 2.45) is 16.5 Å². The molecular weight excluding hydrogens is 428 g/mol. The Morgan fingerprint density at radius 2 is 1.58 bits per heavy atom. The Hall–Kier alpha value is -3.76. The molecule has 1 heterocycles. The summed E-state index contributed by atoms with van der Waals surface area (Å²) in [5.41, 5.74) is 11.0. The minimum Gasteiger partial charge on any atom is -0.497 e. The lowest BCUT2D eigenvalue weighted by atomic mass is 10.1. The molecule has 0 saturated carbocycles. The van der Waals surface area contributed by atoms with E-state index in [2.05, 4.69) is 4.99 Å². The molecule has 1 amide bonds. The first kappa shape index (κ1) is 25.3. The molecule has 0 spiro atoms. The van der Waals surface area contributed by atoms with Crippen LogP contribution in [-0.2, 0) is 0 Å². The molecule has 0 aliphatic carbocycles. The molecule has 0 saturated heterocycles. The minimum atomic E-state index is -0.695. The fraction of sp³-hybridized carbons (Fsp3) is 0.150. The average molecular weight is 451 g/mol. The van der Waals surface area contributed by atoms with Gasteiger partial charge in [0, 0.05) is 17.6 Å². The maximum absolute atomic E-state index is 13.2. The summed E-state index contributed by atoms with van der Waals surface area (Å²) >= 11 is 0. The van der Waals surface area contributed by atoms with Gasteiger partial charge in [0.2, 0.25) is 0 Å². The molecule has 0 fully saturated rings. The van der Waals surface area contributed by atoms with Crippen LogP contribution in [-0.4, -0.2) is 43.2 Å². The van der Waals surface area contributed by atoms with Gasteiger partial charge < -0.3 is 31.2 Å². The fourth-order valence-electron chi connectivity index (χ4n) is 2.97. The van der Waals surface area contributed by atoms with E-state index >= 15 is 0 Å². The molecule has 0 aliphatic rings. The van der Waals surface area contributed by atoms with Crippen LogP contribution in [0.2, 0.25) is 0 Å². The average Bonchev–Trinajstić information content (AvgIpc) is 2.72. The lowest BCUT2D eigenvalue weighted by molar-refractivity contribution is 0.100. The molecule has 0 aliphatic heterocycles. The number of aliphatic imine (C=N–C) groups is 1. The van der Waals surface area contributed by atoms with Crippen LogP contribution in [0.5, 0.6) is 17.2 Å². The Kier molecular flexibility index (Phi) is 8.42. The number of ether oxygens (including phenoxy) is 3. The van der Waals surface area contributed by atoms with Crippen molar-refractivity contribution in [3.05, 3.63) is 58.5 Å². The smallest absolute Gasteiger partial charge is 0.282 e. The standard InChI is InChI=1S/C20H20N4O5.ClH.H2O/c1-27-12-6-4-5-11(7-12)24-10-15(18(25)23-20(21)22)13-8-16(28-2)17(29-3)9-14(13)19(24)26;;/h4-10H,1-3H3,(H4,21,22,23,25);1H;1H2. The number of hydrogen-bond acceptors (Lipinski definition) is 5. The van der Waals surface area contributed by atoms with Gasteiger partial charge >= 0.3 is 0 Å². The third-order valence-corrected chi connectivity index (χ3v) is 4.31. The number of amides is 1. The Labute approximate surface area is 183 Å². The van der Waals surface area contributed by atoms with Crippen molar-refractivity contribution in [3.8, 4) is 22.9 Å². The minimum absolute atomic E-state index is 0. The van der Waals surface area contributed by atoms with Gasteiger partial charge in [-0.2, -0.15) is 4.99 Å². The van der Waals surface area contributed by atoms with Gasteiger partial charge in [0.05, 0.1) is 38.0 Å². The molecule has 166 valence electrons. The van der Waals surface area contributed by atoms with Crippen LogP contribution < -0.4 is 31.2 Å². The topological polar surface area (TPSA) is 163 Å². The lowest BCUT2D eigenvalue weighted by Crippen LogP contribution is -2.25. The number of hydrogen-bond donors (Lipinski definition) is 2. The summed E-state index contributed by atoms with van der Waals surface area (Å²) in [6.07, 6.45) is 1.39. The Morgan fingerprint density at radius 1 is 0.968 bits per heavy atom. The Morgan fingerprint density at radius 3 is 2.13 bits per heavy atom. The molecule has 2 aromatic carbocycles. The fourth-order valence-corrected chi connectivity index (χ4v) is 2.97. The number of guanidine groups is 1. The molecule has 31 heavy (non-hydrogen) atoms. The maximum Gasteiger partial charge on any atom is 0.282 e. The van der Waals surface area contributed by atoms with E-state index in [1.54, 1.807) is 30.3 Å². The molecule has 3 aromatic rings. The number of benzene rings is 2. The van der Waals surface area contributed by atoms with Crippen molar-refractivity contribution in [3.63, 3.8) is 0 Å². The third kappa shape index (κ3) is 4.87. The lowest BCUT2D eigenvalue weighted by Gasteiger charge is -2.14. The molecule has 1 aromatic heterocycles. The molecule has 0 atom stereocenters. The van der Waals surface area contributed by atoms with Crippen molar-refractivity contribution < 1.29 is 24.5 Å². The molecule has 10 nitrogen and oxygen atoms in total. The normalized spacial score (nSPS) is 9.77. The number of aromatic nitrogens is 1. The second-order valence-electron chi connectivity index (χ2n) is 6.01. The number of methoxy groups -OCH3 is 3. The van der Waals surface area contributed by atoms with Gasteiger partial charge in [0.15, 0.2) is 17.5 Å². The summed E-state index contributed by atoms with van der Waals surface area (Å²) in [4.78, 5) is 29.5. The summed E-state index contributed by atoms with van der Waals surface area (Å²) in [6.45, 7) is 0. The van der Waals surface area contributed by atoms with E-state index in [1.165, 1.54) is 38.2 Å². The van der Waals surface area contributed by atoms with Crippen molar-refractivity contribution in [2.75, 3.05) is 21.3 Å². The zero-order chi connectivity index (χ0) is 21.1. The van der Waals surface area contributed by atoms with Gasteiger partial charge in [-0.05, 0) is 24.3 Å². The van der Waals surface area contributed by atoms with Gasteiger partial charge in [-0.15, -0.1) is 12.4 Å². The van der Waals surface area contributed by atoms with Crippen molar-refractivity contribution >= 4 is 35.0 Å². The van der Waals surface area contributed by atoms with Gasteiger partial charge in [-0.25, -0.2) is 0 Å². The number of halogens is 1. The monoisotopic (exact) mass is 450 g/mol. The summed E-state index contributed by atoms with van der Waals surface area (Å²) < 4.78 is 17.2. The molecule has 11 heteroatoms. The van der Waals surface area contributed by atoms with Gasteiger partial charge in [-0.3, -0.25) is 14.2 Å². The SMILES string of the molecule is COc1cccc(-n2cc(C(=O)N=C(N)N)c3cc(OC)c(OC)cc3c2=O)c1.Cl.O. The number of rotatable bonds is 5. The molecule has 0 radical (unpaired) electrons. The predicted molar refractivity (Wildman–Crippen MR) is 120 cm³/mol. The maximum atomic E-state index is 13.2. The number of carbonyl (C=O) groups excluding carboxylic acids is 1. The predicted octanol–water partition coefficient (Wildman–Crippen LogP) is 1.03. The number of pyridine rings is 1. The first-order valence-corrected chi connectivity index (χ1v) is 8.49. The van der Waals surface area contributed by atoms with E-state index in [1.807, 2.05) is 0 Å². The van der Waals surface area contributed by atoms with E-state index in [9.17, 15) is 9.59 Å². The quantitative estimate of drug-likeness (QED) is 0.433. The summed E-state index contributed by atoms with van der Waals surface area (Å²) in [7, 11) is 4.44. The van der Waals surface area contributed by atoms with E-state index in [0.717, 1.165) is 0 Å². The number of nitrogens with zero attached hydrogens (tertiary/aromatic N) is 2. The summed E-state index contributed by atoms with van der Waals surface area (Å²) in [6, 6.07) is 9.92. The molecular formula is C20H23ClN4O6. The Balaban J connectivity index is 0.00000240. The number of nitrogens with two attached hydrogens (primary N) is 2. The second kappa shape index (κ2) is 10.3. The number of carbonyl (C=O) groups is 1. The number of fused-ring (bicyclic) bond motifs is 1. The molecule has 0 unspecified atom stereocenters. The van der Waals surface area contributed by atoms with Crippen molar-refractivity contribution in [2.45, 2.75) is 0 Å². The highest BCUT2D eigenvalue weighted by atomic mass is 35.5. The van der Waals surface area contributed by atoms with Crippen molar-refractivity contribution in [1.29, 1.82) is 0 Å². The first-order valence-electron chi connectivity index (χ1n) is 8.49. The van der Waals surface area contributed by atoms with E-state index in [4.69, 9.17) is 25.7 Å². The van der Waals surface area contributed by atoms with Crippen LogP contribution in [0.25, 0.3) is 16.5 Å². The highest BCUT2D eigenvalue weighted by Gasteiger charge is 2.19. The van der Waals surface area contributed by atoms with Crippen LogP contribution in [0.1, 0.15) is 10.4 Å². The van der Waals surface area contributed by atoms with Gasteiger partial charge in [-0.1, -0.05) is 6.07 Å². The summed E-state index contributed by atoms with van der Waals surface area (Å²) in [5, 5.41) is 0.573. The van der Waals surface area contributed by atoms with E-state index in [-0.39, 0.29) is 40.4 Å². The zero-order valence-electron chi connectivity index (χ0n) is 17.0. The largest absolute Gasteiger partial charge is 0.497 e. The van der Waals surface area contributed by atoms with Crippen LogP contribution in [0.3, 0.4) is 0 Å². The molecule has 6 N–H and O–H groups in total. The van der Waals surface area contributed by atoms with Crippen LogP contribution in [0.4, 0.5) is 0 Å². The highest BCUT2D eigenvalue weighted by molar-refractivity contribution is 6.10. The van der Waals surface area contributed by atoms with Gasteiger partial charge in [0.25, 0.3) is 11.5 Å².